The van der Waals surface area contributed by atoms with Crippen molar-refractivity contribution in [2.24, 2.45) is 23.7 Å². The van der Waals surface area contributed by atoms with Gasteiger partial charge in [-0.2, -0.15) is 26.3 Å². The molecule has 1 saturated carbocycles. The van der Waals surface area contributed by atoms with Gasteiger partial charge in [-0.1, -0.05) is 18.2 Å². The van der Waals surface area contributed by atoms with E-state index in [1.54, 1.807) is 12.2 Å². The molecule has 3 amide bonds. The number of alkyl halides is 6. The molecule has 2 bridgehead atoms. The lowest BCUT2D eigenvalue weighted by Gasteiger charge is -2.29. The van der Waals surface area contributed by atoms with Crippen LogP contribution >= 0.6 is 0 Å². The van der Waals surface area contributed by atoms with Gasteiger partial charge in [-0.05, 0) is 36.5 Å². The van der Waals surface area contributed by atoms with Gasteiger partial charge >= 0.3 is 18.3 Å². The van der Waals surface area contributed by atoms with E-state index >= 15 is 0 Å². The van der Waals surface area contributed by atoms with Crippen LogP contribution in [0.25, 0.3) is 0 Å². The van der Waals surface area contributed by atoms with Crippen LogP contribution in [0.2, 0.25) is 0 Å². The summed E-state index contributed by atoms with van der Waals surface area (Å²) in [6, 6.07) is 2.75. The number of nitrogens with zero attached hydrogens (tertiary/aromatic N) is 2. The first kappa shape index (κ1) is 20.4. The minimum Gasteiger partial charge on any atom is -0.286 e. The highest BCUT2D eigenvalue weighted by Gasteiger charge is 2.60. The number of allylic oxidation sites excluding steroid dienone is 2. The molecule has 1 heterocycles. The lowest BCUT2D eigenvalue weighted by Crippen LogP contribution is -2.49. The minimum atomic E-state index is -5.42. The number of benzene rings is 1. The highest BCUT2D eigenvalue weighted by molar-refractivity contribution is 6.07. The summed E-state index contributed by atoms with van der Waals surface area (Å²) >= 11 is 0. The number of imide groups is 1. The molecule has 1 aromatic rings. The largest absolute Gasteiger partial charge is 0.471 e. The molecule has 0 N–H and O–H groups in total. The molecule has 160 valence electrons. The van der Waals surface area contributed by atoms with E-state index in [0.29, 0.717) is 23.5 Å². The topological polar surface area (TPSA) is 57.7 Å². The van der Waals surface area contributed by atoms with Crippen LogP contribution in [-0.4, -0.2) is 35.5 Å². The second-order valence-electron chi connectivity index (χ2n) is 7.52. The van der Waals surface area contributed by atoms with E-state index < -0.39 is 59.8 Å². The quantitative estimate of drug-likeness (QED) is 0.418. The third-order valence-corrected chi connectivity index (χ3v) is 5.82. The van der Waals surface area contributed by atoms with Gasteiger partial charge in [0.15, 0.2) is 0 Å². The zero-order valence-electron chi connectivity index (χ0n) is 15.1. The molecule has 2 fully saturated rings. The number of amides is 3. The first-order valence-corrected chi connectivity index (χ1v) is 8.99. The van der Waals surface area contributed by atoms with Crippen LogP contribution in [0.4, 0.5) is 32.0 Å². The van der Waals surface area contributed by atoms with Gasteiger partial charge in [0.05, 0.1) is 17.4 Å². The monoisotopic (exact) mass is 432 g/mol. The van der Waals surface area contributed by atoms with Crippen molar-refractivity contribution in [3.63, 3.8) is 0 Å². The van der Waals surface area contributed by atoms with E-state index in [2.05, 4.69) is 0 Å². The third kappa shape index (κ3) is 3.16. The fraction of sp³-hybridized carbons (Fsp3) is 0.421. The van der Waals surface area contributed by atoms with Crippen LogP contribution in [0, 0.1) is 23.7 Å². The van der Waals surface area contributed by atoms with Crippen molar-refractivity contribution >= 4 is 23.4 Å². The first-order valence-electron chi connectivity index (χ1n) is 8.99. The maximum absolute atomic E-state index is 13.1. The summed E-state index contributed by atoms with van der Waals surface area (Å²) in [7, 11) is 0. The molecule has 11 heteroatoms. The van der Waals surface area contributed by atoms with Crippen molar-refractivity contribution in [1.82, 2.24) is 4.90 Å². The van der Waals surface area contributed by atoms with E-state index in [9.17, 15) is 40.7 Å². The standard InChI is InChI=1S/C19H14F6N2O3/c20-18(21,22)11-2-1-3-12(7-11)26(17(30)19(23,24)25)8-27-15(28)13-9-4-5-10(6-9)14(13)16(27)29/h1-5,7,9-10,13-14H,6,8H2/t9-,10+,13-,14-/m0/s1. The average molecular weight is 432 g/mol. The van der Waals surface area contributed by atoms with E-state index in [4.69, 9.17) is 0 Å². The average Bonchev–Trinajstić information content (AvgIpc) is 3.33. The highest BCUT2D eigenvalue weighted by atomic mass is 19.4. The number of carbonyl (C=O) groups excluding carboxylic acids is 3. The van der Waals surface area contributed by atoms with Gasteiger partial charge < -0.3 is 0 Å². The van der Waals surface area contributed by atoms with Crippen molar-refractivity contribution in [2.75, 3.05) is 11.6 Å². The van der Waals surface area contributed by atoms with E-state index in [-0.39, 0.29) is 16.7 Å². The van der Waals surface area contributed by atoms with Crippen LogP contribution in [0.3, 0.4) is 0 Å². The Morgan fingerprint density at radius 2 is 1.57 bits per heavy atom. The molecule has 30 heavy (non-hydrogen) atoms. The molecule has 0 spiro atoms. The fourth-order valence-electron chi connectivity index (χ4n) is 4.51. The Morgan fingerprint density at radius 3 is 2.07 bits per heavy atom. The predicted molar refractivity (Wildman–Crippen MR) is 89.4 cm³/mol. The molecule has 4 rings (SSSR count). The molecule has 4 atom stereocenters. The smallest absolute Gasteiger partial charge is 0.286 e. The van der Waals surface area contributed by atoms with Crippen LogP contribution in [0.1, 0.15) is 12.0 Å². The second-order valence-corrected chi connectivity index (χ2v) is 7.52. The second kappa shape index (κ2) is 6.58. The zero-order valence-corrected chi connectivity index (χ0v) is 15.1. The Labute approximate surface area is 165 Å². The molecular weight excluding hydrogens is 418 g/mol. The summed E-state index contributed by atoms with van der Waals surface area (Å²) in [5.41, 5.74) is -1.98. The molecule has 1 aromatic carbocycles. The summed E-state index contributed by atoms with van der Waals surface area (Å²) in [5, 5.41) is 0. The Kier molecular flexibility index (Phi) is 4.48. The van der Waals surface area contributed by atoms with Crippen LogP contribution in [0.15, 0.2) is 36.4 Å². The van der Waals surface area contributed by atoms with Crippen LogP contribution < -0.4 is 4.90 Å². The summed E-state index contributed by atoms with van der Waals surface area (Å²) in [4.78, 5) is 38.0. The lowest BCUT2D eigenvalue weighted by atomic mass is 9.85. The van der Waals surface area contributed by atoms with Crippen molar-refractivity contribution in [1.29, 1.82) is 0 Å². The normalized spacial score (nSPS) is 27.7. The molecule has 1 aliphatic heterocycles. The lowest BCUT2D eigenvalue weighted by molar-refractivity contribution is -0.171. The van der Waals surface area contributed by atoms with E-state index in [1.165, 1.54) is 0 Å². The van der Waals surface area contributed by atoms with Crippen molar-refractivity contribution in [3.05, 3.63) is 42.0 Å². The van der Waals surface area contributed by atoms with Gasteiger partial charge in [-0.25, -0.2) is 0 Å². The number of halogens is 6. The molecule has 5 nitrogen and oxygen atoms in total. The van der Waals surface area contributed by atoms with Gasteiger partial charge in [0.1, 0.15) is 6.67 Å². The minimum absolute atomic E-state index is 0.0125. The fourth-order valence-corrected chi connectivity index (χ4v) is 4.51. The number of hydrogen-bond acceptors (Lipinski definition) is 3. The number of likely N-dealkylation sites (tertiary alicyclic amines) is 1. The number of rotatable bonds is 3. The molecule has 0 aromatic heterocycles. The Hall–Kier alpha value is -2.85. The zero-order chi connectivity index (χ0) is 22.0. The molecule has 3 aliphatic rings. The molecular formula is C19H14F6N2O3. The van der Waals surface area contributed by atoms with Gasteiger partial charge in [0, 0.05) is 5.69 Å². The summed E-state index contributed by atoms with van der Waals surface area (Å²) in [6.07, 6.45) is -6.11. The van der Waals surface area contributed by atoms with Gasteiger partial charge in [-0.15, -0.1) is 0 Å². The van der Waals surface area contributed by atoms with Crippen molar-refractivity contribution in [3.8, 4) is 0 Å². The number of hydrogen-bond donors (Lipinski definition) is 0. The van der Waals surface area contributed by atoms with E-state index in [0.717, 1.165) is 12.1 Å². The van der Waals surface area contributed by atoms with Crippen LogP contribution in [0.5, 0.6) is 0 Å². The molecule has 1 saturated heterocycles. The predicted octanol–water partition coefficient (Wildman–Crippen LogP) is 3.37. The van der Waals surface area contributed by atoms with Gasteiger partial charge in [-0.3, -0.25) is 24.2 Å². The maximum Gasteiger partial charge on any atom is 0.471 e. The van der Waals surface area contributed by atoms with E-state index in [1.807, 2.05) is 0 Å². The highest BCUT2D eigenvalue weighted by Crippen LogP contribution is 2.52. The maximum atomic E-state index is 13.1. The number of carbonyl (C=O) groups is 3. The molecule has 0 unspecified atom stereocenters. The SMILES string of the molecule is O=C1[C@@H]2[C@@H](C(=O)N1CN(C(=O)C(F)(F)F)c1cccc(C(F)(F)F)c1)[C@H]1C=C[C@@H]2C1. The Balaban J connectivity index is 1.68. The summed E-state index contributed by atoms with van der Waals surface area (Å²) in [5.74, 6) is -5.74. The first-order chi connectivity index (χ1) is 13.9. The number of anilines is 1. The van der Waals surface area contributed by atoms with Gasteiger partial charge in [0.25, 0.3) is 0 Å². The van der Waals surface area contributed by atoms with Gasteiger partial charge in [0.2, 0.25) is 11.8 Å². The van der Waals surface area contributed by atoms with Crippen LogP contribution in [-0.2, 0) is 20.6 Å². The molecule has 2 aliphatic carbocycles. The summed E-state index contributed by atoms with van der Waals surface area (Å²) < 4.78 is 78.4. The number of fused-ring (bicyclic) bond motifs is 5. The van der Waals surface area contributed by atoms with Crippen molar-refractivity contribution in [2.45, 2.75) is 18.8 Å². The third-order valence-electron chi connectivity index (χ3n) is 5.82. The Morgan fingerprint density at radius 1 is 1.00 bits per heavy atom. The Bertz CT molecular complexity index is 924. The summed E-state index contributed by atoms with van der Waals surface area (Å²) in [6.45, 7) is -1.11. The molecule has 0 radical (unpaired) electrons. The van der Waals surface area contributed by atoms with Crippen molar-refractivity contribution < 1.29 is 40.7 Å².